The van der Waals surface area contributed by atoms with Crippen LogP contribution in [0.5, 0.6) is 5.75 Å². The van der Waals surface area contributed by atoms with Crippen molar-refractivity contribution < 1.29 is 17.9 Å². The topological polar surface area (TPSA) is 52.8 Å². The molecule has 0 amide bonds. The number of alkyl halides is 3. The van der Waals surface area contributed by atoms with E-state index in [1.165, 1.54) is 22.8 Å². The van der Waals surface area contributed by atoms with Gasteiger partial charge in [-0.1, -0.05) is 23.7 Å². The summed E-state index contributed by atoms with van der Waals surface area (Å²) in [7, 11) is 0. The number of rotatable bonds is 2. The fourth-order valence-electron chi connectivity index (χ4n) is 2.30. The van der Waals surface area contributed by atoms with Gasteiger partial charge in [-0.15, -0.1) is 13.2 Å². The van der Waals surface area contributed by atoms with Crippen LogP contribution >= 0.6 is 11.6 Å². The molecule has 1 aromatic carbocycles. The predicted octanol–water partition coefficient (Wildman–Crippen LogP) is 3.98. The number of nitrogens with zero attached hydrogens (tertiary/aromatic N) is 4. The van der Waals surface area contributed by atoms with Crippen molar-refractivity contribution in [3.05, 3.63) is 41.1 Å². The first kappa shape index (κ1) is 15.5. The molecule has 120 valence electrons. The Morgan fingerprint density at radius 1 is 1.09 bits per heavy atom. The number of fused-ring (bicyclic) bond motifs is 1. The van der Waals surface area contributed by atoms with E-state index < -0.39 is 6.36 Å². The molecule has 23 heavy (non-hydrogen) atoms. The van der Waals surface area contributed by atoms with E-state index >= 15 is 0 Å². The number of para-hydroxylation sites is 2. The van der Waals surface area contributed by atoms with E-state index in [1.54, 1.807) is 19.9 Å². The number of hydrogen-bond acceptors (Lipinski definition) is 4. The van der Waals surface area contributed by atoms with E-state index in [9.17, 15) is 13.2 Å². The molecule has 0 radical (unpaired) electrons. The van der Waals surface area contributed by atoms with Crippen LogP contribution in [0.4, 0.5) is 13.2 Å². The van der Waals surface area contributed by atoms with Crippen LogP contribution in [-0.2, 0) is 0 Å². The van der Waals surface area contributed by atoms with E-state index in [-0.39, 0.29) is 16.6 Å². The van der Waals surface area contributed by atoms with Gasteiger partial charge in [-0.2, -0.15) is 0 Å². The first-order valence-electron chi connectivity index (χ1n) is 6.50. The molecule has 0 spiro atoms. The van der Waals surface area contributed by atoms with Gasteiger partial charge in [-0.25, -0.2) is 15.0 Å². The molecule has 0 saturated carbocycles. The average molecular weight is 343 g/mol. The number of halogens is 4. The Hall–Kier alpha value is -2.35. The third-order valence-corrected chi connectivity index (χ3v) is 3.35. The quantitative estimate of drug-likeness (QED) is 0.661. The minimum absolute atomic E-state index is 0.106. The second-order valence-electron chi connectivity index (χ2n) is 4.74. The molecule has 2 aromatic heterocycles. The molecule has 0 bridgehead atoms. The van der Waals surface area contributed by atoms with Crippen molar-refractivity contribution in [1.29, 1.82) is 0 Å². The lowest BCUT2D eigenvalue weighted by molar-refractivity contribution is -0.274. The van der Waals surface area contributed by atoms with Crippen LogP contribution in [0.2, 0.25) is 5.15 Å². The number of aryl methyl sites for hydroxylation is 2. The third kappa shape index (κ3) is 2.94. The van der Waals surface area contributed by atoms with Crippen molar-refractivity contribution >= 4 is 22.8 Å². The standard InChI is InChI=1S/C14H10ClF3N4O/c1-7-19-12(15)11-13(20-7)21-8(2)22(11)9-5-3-4-6-10(9)23-14(16,17)18/h3-6H,1-2H3. The van der Waals surface area contributed by atoms with Crippen LogP contribution < -0.4 is 4.74 Å². The highest BCUT2D eigenvalue weighted by molar-refractivity contribution is 6.33. The SMILES string of the molecule is Cc1nc(Cl)c2c(n1)nc(C)n2-c1ccccc1OC(F)(F)F. The largest absolute Gasteiger partial charge is 0.573 e. The molecule has 0 N–H and O–H groups in total. The first-order valence-corrected chi connectivity index (χ1v) is 6.88. The lowest BCUT2D eigenvalue weighted by Gasteiger charge is -2.15. The summed E-state index contributed by atoms with van der Waals surface area (Å²) in [5.74, 6) is 0.478. The minimum Gasteiger partial charge on any atom is -0.404 e. The third-order valence-electron chi connectivity index (χ3n) is 3.08. The number of imidazole rings is 1. The summed E-state index contributed by atoms with van der Waals surface area (Å²) in [6.07, 6.45) is -4.81. The molecular formula is C14H10ClF3N4O. The summed E-state index contributed by atoms with van der Waals surface area (Å²) in [5, 5.41) is 0.106. The van der Waals surface area contributed by atoms with Crippen LogP contribution in [0.1, 0.15) is 11.6 Å². The molecule has 0 unspecified atom stereocenters. The summed E-state index contributed by atoms with van der Waals surface area (Å²) in [6.45, 7) is 3.29. The predicted molar refractivity (Wildman–Crippen MR) is 77.8 cm³/mol. The van der Waals surface area contributed by atoms with Gasteiger partial charge >= 0.3 is 6.36 Å². The molecule has 3 rings (SSSR count). The van der Waals surface area contributed by atoms with Crippen LogP contribution in [0.3, 0.4) is 0 Å². The Morgan fingerprint density at radius 3 is 2.48 bits per heavy atom. The summed E-state index contributed by atoms with van der Waals surface area (Å²) in [6, 6.07) is 5.73. The molecule has 0 aliphatic rings. The zero-order chi connectivity index (χ0) is 16.8. The number of benzene rings is 1. The monoisotopic (exact) mass is 342 g/mol. The van der Waals surface area contributed by atoms with Gasteiger partial charge in [0.15, 0.2) is 16.5 Å². The molecule has 5 nitrogen and oxygen atoms in total. The lowest BCUT2D eigenvalue weighted by atomic mass is 10.3. The average Bonchev–Trinajstić information content (AvgIpc) is 2.73. The maximum absolute atomic E-state index is 12.6. The van der Waals surface area contributed by atoms with E-state index in [1.807, 2.05) is 0 Å². The number of hydrogen-bond donors (Lipinski definition) is 0. The smallest absolute Gasteiger partial charge is 0.404 e. The molecule has 0 saturated heterocycles. The zero-order valence-electron chi connectivity index (χ0n) is 12.0. The molecule has 3 aromatic rings. The van der Waals surface area contributed by atoms with Crippen molar-refractivity contribution in [1.82, 2.24) is 19.5 Å². The van der Waals surface area contributed by atoms with Gasteiger partial charge in [0.1, 0.15) is 17.2 Å². The Morgan fingerprint density at radius 2 is 1.78 bits per heavy atom. The Balaban J connectivity index is 2.28. The summed E-state index contributed by atoms with van der Waals surface area (Å²) in [4.78, 5) is 12.4. The summed E-state index contributed by atoms with van der Waals surface area (Å²) < 4.78 is 43.4. The van der Waals surface area contributed by atoms with Gasteiger partial charge in [0.05, 0.1) is 5.69 Å². The van der Waals surface area contributed by atoms with Crippen LogP contribution in [0, 0.1) is 13.8 Å². The maximum atomic E-state index is 12.6. The molecule has 0 aliphatic carbocycles. The van der Waals surface area contributed by atoms with Crippen LogP contribution in [-0.4, -0.2) is 25.9 Å². The van der Waals surface area contributed by atoms with Crippen molar-refractivity contribution in [2.75, 3.05) is 0 Å². The van der Waals surface area contributed by atoms with Gasteiger partial charge < -0.3 is 4.74 Å². The molecule has 0 aliphatic heterocycles. The van der Waals surface area contributed by atoms with Gasteiger partial charge in [0.25, 0.3) is 0 Å². The van der Waals surface area contributed by atoms with Crippen molar-refractivity contribution in [2.24, 2.45) is 0 Å². The van der Waals surface area contributed by atoms with E-state index in [4.69, 9.17) is 11.6 Å². The molecule has 2 heterocycles. The van der Waals surface area contributed by atoms with Crippen LogP contribution in [0.15, 0.2) is 24.3 Å². The maximum Gasteiger partial charge on any atom is 0.573 e. The van der Waals surface area contributed by atoms with Gasteiger partial charge in [0.2, 0.25) is 0 Å². The Bertz CT molecular complexity index is 892. The highest BCUT2D eigenvalue weighted by Crippen LogP contribution is 2.33. The van der Waals surface area contributed by atoms with Crippen LogP contribution in [0.25, 0.3) is 16.9 Å². The van der Waals surface area contributed by atoms with Gasteiger partial charge in [0, 0.05) is 0 Å². The van der Waals surface area contributed by atoms with E-state index in [0.717, 1.165) is 0 Å². The van der Waals surface area contributed by atoms with Gasteiger partial charge in [-0.3, -0.25) is 4.57 Å². The molecular weight excluding hydrogens is 333 g/mol. The minimum atomic E-state index is -4.81. The molecule has 9 heteroatoms. The van der Waals surface area contributed by atoms with E-state index in [2.05, 4.69) is 19.7 Å². The second kappa shape index (κ2) is 5.38. The van der Waals surface area contributed by atoms with Gasteiger partial charge in [-0.05, 0) is 26.0 Å². The fourth-order valence-corrected chi connectivity index (χ4v) is 2.59. The number of aromatic nitrogens is 4. The second-order valence-corrected chi connectivity index (χ2v) is 5.10. The highest BCUT2D eigenvalue weighted by Gasteiger charge is 2.32. The van der Waals surface area contributed by atoms with Crippen molar-refractivity contribution in [3.63, 3.8) is 0 Å². The first-order chi connectivity index (χ1) is 10.8. The molecule has 0 atom stereocenters. The highest BCUT2D eigenvalue weighted by atomic mass is 35.5. The summed E-state index contributed by atoms with van der Waals surface area (Å²) in [5.41, 5.74) is 0.786. The fraction of sp³-hybridized carbons (Fsp3) is 0.214. The van der Waals surface area contributed by atoms with Crippen molar-refractivity contribution in [2.45, 2.75) is 20.2 Å². The Kier molecular flexibility index (Phi) is 3.63. The zero-order valence-corrected chi connectivity index (χ0v) is 12.8. The van der Waals surface area contributed by atoms with Crippen molar-refractivity contribution in [3.8, 4) is 11.4 Å². The van der Waals surface area contributed by atoms with E-state index in [0.29, 0.717) is 22.8 Å². The normalized spacial score (nSPS) is 11.9. The number of ether oxygens (including phenoxy) is 1. The Labute approximate surface area is 133 Å². The summed E-state index contributed by atoms with van der Waals surface area (Å²) >= 11 is 6.14. The molecule has 0 fully saturated rings. The lowest BCUT2D eigenvalue weighted by Crippen LogP contribution is -2.18.